The molecule has 1 rings (SSSR count). The second-order valence-electron chi connectivity index (χ2n) is 3.02. The van der Waals surface area contributed by atoms with Gasteiger partial charge in [-0.05, 0) is 24.7 Å². The van der Waals surface area contributed by atoms with Crippen LogP contribution in [0, 0.1) is 0 Å². The Kier molecular flexibility index (Phi) is 4.34. The van der Waals surface area contributed by atoms with E-state index in [0.29, 0.717) is 5.02 Å². The van der Waals surface area contributed by atoms with E-state index in [9.17, 15) is 4.79 Å². The van der Waals surface area contributed by atoms with Crippen molar-refractivity contribution in [3.05, 3.63) is 47.0 Å². The van der Waals surface area contributed by atoms with E-state index >= 15 is 0 Å². The van der Waals surface area contributed by atoms with E-state index in [1.807, 2.05) is 12.1 Å². The monoisotopic (exact) mass is 225 g/mol. The van der Waals surface area contributed by atoms with E-state index in [1.165, 1.54) is 0 Å². The van der Waals surface area contributed by atoms with Crippen LogP contribution in [-0.4, -0.2) is 18.1 Å². The number of hydrogen-bond acceptors (Lipinski definition) is 2. The molecule has 1 aromatic carbocycles. The standard InChI is InChI=1S/C11H12ClNO2/c1-13-10(6-7-11(14)15)8-2-4-9(12)5-3-8/h2-7,10,13H,1H3,(H,14,15)/b7-6+. The first-order valence-corrected chi connectivity index (χ1v) is 4.85. The first-order chi connectivity index (χ1) is 7.13. The van der Waals surface area contributed by atoms with Gasteiger partial charge in [-0.3, -0.25) is 0 Å². The number of rotatable bonds is 4. The highest BCUT2D eigenvalue weighted by molar-refractivity contribution is 6.30. The van der Waals surface area contributed by atoms with Gasteiger partial charge in [-0.15, -0.1) is 0 Å². The second kappa shape index (κ2) is 5.53. The summed E-state index contributed by atoms with van der Waals surface area (Å²) >= 11 is 5.75. The molecule has 0 heterocycles. The van der Waals surface area contributed by atoms with Crippen molar-refractivity contribution in [2.75, 3.05) is 7.05 Å². The molecule has 0 bridgehead atoms. The summed E-state index contributed by atoms with van der Waals surface area (Å²) in [5.74, 6) is -0.954. The Labute approximate surface area is 93.4 Å². The molecule has 0 amide bonds. The lowest BCUT2D eigenvalue weighted by molar-refractivity contribution is -0.131. The third kappa shape index (κ3) is 3.73. The molecule has 1 unspecified atom stereocenters. The number of nitrogens with one attached hydrogen (secondary N) is 1. The van der Waals surface area contributed by atoms with E-state index in [0.717, 1.165) is 11.6 Å². The van der Waals surface area contributed by atoms with E-state index in [1.54, 1.807) is 25.3 Å². The number of halogens is 1. The van der Waals surface area contributed by atoms with Crippen LogP contribution in [0.2, 0.25) is 5.02 Å². The summed E-state index contributed by atoms with van der Waals surface area (Å²) in [7, 11) is 1.77. The molecule has 0 aliphatic heterocycles. The van der Waals surface area contributed by atoms with Crippen LogP contribution in [-0.2, 0) is 4.79 Å². The SMILES string of the molecule is CNC(/C=C/C(=O)O)c1ccc(Cl)cc1. The van der Waals surface area contributed by atoms with Crippen molar-refractivity contribution in [1.82, 2.24) is 5.32 Å². The van der Waals surface area contributed by atoms with E-state index < -0.39 is 5.97 Å². The molecule has 0 aliphatic rings. The van der Waals surface area contributed by atoms with Crippen molar-refractivity contribution < 1.29 is 9.90 Å². The van der Waals surface area contributed by atoms with Gasteiger partial charge in [-0.1, -0.05) is 29.8 Å². The fraction of sp³-hybridized carbons (Fsp3) is 0.182. The topological polar surface area (TPSA) is 49.3 Å². The average Bonchev–Trinajstić information content (AvgIpc) is 2.21. The Morgan fingerprint density at radius 1 is 1.47 bits per heavy atom. The zero-order chi connectivity index (χ0) is 11.3. The molecule has 1 aromatic rings. The van der Waals surface area contributed by atoms with Crippen molar-refractivity contribution >= 4 is 17.6 Å². The minimum Gasteiger partial charge on any atom is -0.478 e. The maximum Gasteiger partial charge on any atom is 0.328 e. The van der Waals surface area contributed by atoms with Crippen molar-refractivity contribution in [3.8, 4) is 0 Å². The van der Waals surface area contributed by atoms with Crippen molar-refractivity contribution in [1.29, 1.82) is 0 Å². The van der Waals surface area contributed by atoms with Gasteiger partial charge in [0.1, 0.15) is 0 Å². The number of hydrogen-bond donors (Lipinski definition) is 2. The number of carboxylic acid groups (broad SMARTS) is 1. The number of carbonyl (C=O) groups is 1. The molecule has 0 spiro atoms. The van der Waals surface area contributed by atoms with Gasteiger partial charge in [0.2, 0.25) is 0 Å². The summed E-state index contributed by atoms with van der Waals surface area (Å²) in [6, 6.07) is 7.15. The van der Waals surface area contributed by atoms with Gasteiger partial charge in [0, 0.05) is 11.1 Å². The molecule has 0 fully saturated rings. The maximum absolute atomic E-state index is 10.4. The molecule has 0 radical (unpaired) electrons. The molecule has 1 atom stereocenters. The number of likely N-dealkylation sites (N-methyl/N-ethyl adjacent to an activating group) is 1. The van der Waals surface area contributed by atoms with Crippen LogP contribution >= 0.6 is 11.6 Å². The molecular formula is C11H12ClNO2. The molecule has 15 heavy (non-hydrogen) atoms. The van der Waals surface area contributed by atoms with Crippen LogP contribution in [0.5, 0.6) is 0 Å². The highest BCUT2D eigenvalue weighted by Crippen LogP contribution is 2.17. The Hall–Kier alpha value is -1.32. The molecule has 0 aromatic heterocycles. The van der Waals surface area contributed by atoms with Gasteiger partial charge in [0.25, 0.3) is 0 Å². The minimum atomic E-state index is -0.954. The Morgan fingerprint density at radius 2 is 2.07 bits per heavy atom. The fourth-order valence-corrected chi connectivity index (χ4v) is 1.35. The summed E-state index contributed by atoms with van der Waals surface area (Å²) in [5.41, 5.74) is 0.972. The van der Waals surface area contributed by atoms with Gasteiger partial charge < -0.3 is 10.4 Å². The number of carboxylic acids is 1. The predicted molar refractivity (Wildman–Crippen MR) is 60.0 cm³/mol. The average molecular weight is 226 g/mol. The Morgan fingerprint density at radius 3 is 2.53 bits per heavy atom. The van der Waals surface area contributed by atoms with E-state index in [-0.39, 0.29) is 6.04 Å². The van der Waals surface area contributed by atoms with Gasteiger partial charge >= 0.3 is 5.97 Å². The van der Waals surface area contributed by atoms with Crippen molar-refractivity contribution in [2.45, 2.75) is 6.04 Å². The Balaban J connectivity index is 2.83. The molecule has 3 nitrogen and oxygen atoms in total. The third-order valence-corrected chi connectivity index (χ3v) is 2.22. The normalized spacial score (nSPS) is 12.9. The van der Waals surface area contributed by atoms with Crippen LogP contribution in [0.15, 0.2) is 36.4 Å². The van der Waals surface area contributed by atoms with Crippen LogP contribution in [0.1, 0.15) is 11.6 Å². The third-order valence-electron chi connectivity index (χ3n) is 1.97. The molecule has 0 saturated carbocycles. The minimum absolute atomic E-state index is 0.113. The lowest BCUT2D eigenvalue weighted by atomic mass is 10.1. The zero-order valence-corrected chi connectivity index (χ0v) is 9.03. The first kappa shape index (κ1) is 11.8. The summed E-state index contributed by atoms with van der Waals surface area (Å²) in [6.45, 7) is 0. The molecule has 0 aliphatic carbocycles. The summed E-state index contributed by atoms with van der Waals surface area (Å²) in [4.78, 5) is 10.4. The number of aliphatic carboxylic acids is 1. The summed E-state index contributed by atoms with van der Waals surface area (Å²) in [6.07, 6.45) is 2.71. The van der Waals surface area contributed by atoms with Crippen LogP contribution < -0.4 is 5.32 Å². The first-order valence-electron chi connectivity index (χ1n) is 4.47. The zero-order valence-electron chi connectivity index (χ0n) is 8.27. The van der Waals surface area contributed by atoms with Crippen LogP contribution in [0.3, 0.4) is 0 Å². The van der Waals surface area contributed by atoms with Crippen LogP contribution in [0.4, 0.5) is 0 Å². The van der Waals surface area contributed by atoms with Crippen molar-refractivity contribution in [2.24, 2.45) is 0 Å². The highest BCUT2D eigenvalue weighted by atomic mass is 35.5. The quantitative estimate of drug-likeness (QED) is 0.773. The van der Waals surface area contributed by atoms with Gasteiger partial charge in [-0.25, -0.2) is 4.79 Å². The molecule has 80 valence electrons. The smallest absolute Gasteiger partial charge is 0.328 e. The molecule has 4 heteroatoms. The van der Waals surface area contributed by atoms with Crippen LogP contribution in [0.25, 0.3) is 0 Å². The lowest BCUT2D eigenvalue weighted by Crippen LogP contribution is -2.14. The molecule has 2 N–H and O–H groups in total. The number of benzene rings is 1. The largest absolute Gasteiger partial charge is 0.478 e. The van der Waals surface area contributed by atoms with E-state index in [4.69, 9.17) is 16.7 Å². The van der Waals surface area contributed by atoms with Gasteiger partial charge in [0.05, 0.1) is 6.04 Å². The van der Waals surface area contributed by atoms with Gasteiger partial charge in [-0.2, -0.15) is 0 Å². The second-order valence-corrected chi connectivity index (χ2v) is 3.45. The highest BCUT2D eigenvalue weighted by Gasteiger charge is 2.04. The Bertz CT molecular complexity index is 359. The molecular weight excluding hydrogens is 214 g/mol. The van der Waals surface area contributed by atoms with Gasteiger partial charge in [0.15, 0.2) is 0 Å². The van der Waals surface area contributed by atoms with Crippen molar-refractivity contribution in [3.63, 3.8) is 0 Å². The fourth-order valence-electron chi connectivity index (χ4n) is 1.22. The maximum atomic E-state index is 10.4. The predicted octanol–water partition coefficient (Wildman–Crippen LogP) is 2.24. The van der Waals surface area contributed by atoms with E-state index in [2.05, 4.69) is 5.32 Å². The lowest BCUT2D eigenvalue weighted by Gasteiger charge is -2.11. The molecule has 0 saturated heterocycles. The summed E-state index contributed by atoms with van der Waals surface area (Å²) in [5, 5.41) is 12.2. The summed E-state index contributed by atoms with van der Waals surface area (Å²) < 4.78 is 0.